The minimum absolute atomic E-state index is 0.0517. The second-order valence-corrected chi connectivity index (χ2v) is 11.2. The van der Waals surface area contributed by atoms with Gasteiger partial charge in [0.25, 0.3) is 0 Å². The van der Waals surface area contributed by atoms with Crippen LogP contribution in [0.25, 0.3) is 0 Å². The lowest BCUT2D eigenvalue weighted by Gasteiger charge is -2.37. The molecular formula is C34H42N2O4. The number of esters is 1. The highest BCUT2D eigenvalue weighted by atomic mass is 16.5. The summed E-state index contributed by atoms with van der Waals surface area (Å²) in [4.78, 5) is 30.0. The van der Waals surface area contributed by atoms with Gasteiger partial charge in [0.05, 0.1) is 12.7 Å². The molecular weight excluding hydrogens is 500 g/mol. The van der Waals surface area contributed by atoms with Gasteiger partial charge in [-0.3, -0.25) is 4.79 Å². The first-order valence-corrected chi connectivity index (χ1v) is 14.9. The number of ketones is 1. The summed E-state index contributed by atoms with van der Waals surface area (Å²) in [6.07, 6.45) is 6.25. The van der Waals surface area contributed by atoms with Crippen molar-refractivity contribution in [3.63, 3.8) is 0 Å². The van der Waals surface area contributed by atoms with Crippen molar-refractivity contribution in [1.29, 1.82) is 0 Å². The maximum Gasteiger partial charge on any atom is 0.337 e. The minimum atomic E-state index is -0.442. The Morgan fingerprint density at radius 3 is 2.20 bits per heavy atom. The summed E-state index contributed by atoms with van der Waals surface area (Å²) in [5.41, 5.74) is 6.18. The van der Waals surface area contributed by atoms with Crippen molar-refractivity contribution in [3.8, 4) is 5.75 Å². The maximum absolute atomic E-state index is 13.9. The van der Waals surface area contributed by atoms with Crippen molar-refractivity contribution in [2.75, 3.05) is 25.1 Å². The van der Waals surface area contributed by atoms with E-state index in [2.05, 4.69) is 48.3 Å². The zero-order valence-electron chi connectivity index (χ0n) is 24.3. The van der Waals surface area contributed by atoms with E-state index in [-0.39, 0.29) is 23.8 Å². The molecule has 1 N–H and O–H groups in total. The minimum Gasteiger partial charge on any atom is -0.497 e. The Morgan fingerprint density at radius 1 is 0.925 bits per heavy atom. The molecule has 5 rings (SSSR count). The molecule has 2 aromatic carbocycles. The van der Waals surface area contributed by atoms with E-state index in [0.29, 0.717) is 24.0 Å². The molecule has 212 valence electrons. The SMILES string of the molecule is CCN(CC)c1ccc(C2C(C(=O)OC3CCCCC3)=C(C)NC3=C2C(=O)CC(c2ccc(OC)cc2)C3)cc1. The Labute approximate surface area is 238 Å². The molecule has 0 spiro atoms. The number of nitrogens with zero attached hydrogens (tertiary/aromatic N) is 1. The number of nitrogens with one attached hydrogen (secondary N) is 1. The smallest absolute Gasteiger partial charge is 0.337 e. The Hall–Kier alpha value is -3.54. The molecule has 6 nitrogen and oxygen atoms in total. The quantitative estimate of drug-likeness (QED) is 0.371. The second kappa shape index (κ2) is 12.3. The van der Waals surface area contributed by atoms with E-state index in [4.69, 9.17) is 9.47 Å². The number of carbonyl (C=O) groups is 2. The normalized spacial score (nSPS) is 21.6. The molecule has 0 amide bonds. The van der Waals surface area contributed by atoms with Gasteiger partial charge < -0.3 is 19.7 Å². The van der Waals surface area contributed by atoms with Crippen molar-refractivity contribution in [2.45, 2.75) is 83.7 Å². The van der Waals surface area contributed by atoms with Crippen molar-refractivity contribution < 1.29 is 19.1 Å². The molecule has 1 saturated carbocycles. The highest BCUT2D eigenvalue weighted by molar-refractivity contribution is 6.04. The van der Waals surface area contributed by atoms with E-state index in [9.17, 15) is 9.59 Å². The molecule has 2 atom stereocenters. The predicted octanol–water partition coefficient (Wildman–Crippen LogP) is 6.78. The summed E-state index contributed by atoms with van der Waals surface area (Å²) < 4.78 is 11.4. The molecule has 0 saturated heterocycles. The molecule has 1 fully saturated rings. The van der Waals surface area contributed by atoms with Crippen molar-refractivity contribution in [3.05, 3.63) is 82.2 Å². The van der Waals surface area contributed by atoms with Gasteiger partial charge in [-0.1, -0.05) is 30.7 Å². The zero-order chi connectivity index (χ0) is 28.2. The topological polar surface area (TPSA) is 67.9 Å². The van der Waals surface area contributed by atoms with Gasteiger partial charge in [-0.05, 0) is 94.2 Å². The number of methoxy groups -OCH3 is 1. The predicted molar refractivity (Wildman–Crippen MR) is 159 cm³/mol. The summed E-state index contributed by atoms with van der Waals surface area (Å²) >= 11 is 0. The van der Waals surface area contributed by atoms with Crippen LogP contribution in [0.4, 0.5) is 5.69 Å². The van der Waals surface area contributed by atoms with Crippen molar-refractivity contribution in [1.82, 2.24) is 5.32 Å². The average Bonchev–Trinajstić information content (AvgIpc) is 2.98. The van der Waals surface area contributed by atoms with Crippen LogP contribution in [-0.4, -0.2) is 38.1 Å². The number of benzene rings is 2. The van der Waals surface area contributed by atoms with Crippen LogP contribution in [0.15, 0.2) is 71.1 Å². The van der Waals surface area contributed by atoms with Crippen molar-refractivity contribution >= 4 is 17.4 Å². The fourth-order valence-corrected chi connectivity index (χ4v) is 6.62. The number of dihydropyridines is 1. The van der Waals surface area contributed by atoms with E-state index in [1.54, 1.807) is 7.11 Å². The summed E-state index contributed by atoms with van der Waals surface area (Å²) in [5.74, 6) is 0.213. The molecule has 2 aliphatic carbocycles. The number of Topliss-reactive ketones (excluding diaryl/α,β-unsaturated/α-hetero) is 1. The van der Waals surface area contributed by atoms with Crippen LogP contribution in [0.1, 0.15) is 88.7 Å². The number of carbonyl (C=O) groups excluding carboxylic acids is 2. The molecule has 6 heteroatoms. The number of ether oxygens (including phenoxy) is 2. The van der Waals surface area contributed by atoms with E-state index < -0.39 is 5.92 Å². The van der Waals surface area contributed by atoms with E-state index >= 15 is 0 Å². The van der Waals surface area contributed by atoms with Gasteiger partial charge in [-0.15, -0.1) is 0 Å². The number of allylic oxidation sites excluding steroid dienone is 3. The fraction of sp³-hybridized carbons (Fsp3) is 0.471. The Bertz CT molecular complexity index is 1280. The summed E-state index contributed by atoms with van der Waals surface area (Å²) in [5, 5.41) is 3.49. The van der Waals surface area contributed by atoms with Crippen LogP contribution in [0, 0.1) is 0 Å². The molecule has 2 aromatic rings. The third-order valence-electron chi connectivity index (χ3n) is 8.82. The molecule has 1 heterocycles. The molecule has 1 aliphatic heterocycles. The Balaban J connectivity index is 1.51. The van der Waals surface area contributed by atoms with Crippen LogP contribution < -0.4 is 15.0 Å². The lowest BCUT2D eigenvalue weighted by molar-refractivity contribution is -0.146. The van der Waals surface area contributed by atoms with E-state index in [1.807, 2.05) is 31.2 Å². The van der Waals surface area contributed by atoms with E-state index in [0.717, 1.165) is 72.7 Å². The Morgan fingerprint density at radius 2 is 1.57 bits per heavy atom. The molecule has 40 heavy (non-hydrogen) atoms. The van der Waals surface area contributed by atoms with Gasteiger partial charge >= 0.3 is 5.97 Å². The van der Waals surface area contributed by atoms with Crippen LogP contribution in [0.3, 0.4) is 0 Å². The van der Waals surface area contributed by atoms with Crippen LogP contribution >= 0.6 is 0 Å². The lowest BCUT2D eigenvalue weighted by Crippen LogP contribution is -2.37. The fourth-order valence-electron chi connectivity index (χ4n) is 6.62. The first-order chi connectivity index (χ1) is 19.4. The molecule has 0 radical (unpaired) electrons. The van der Waals surface area contributed by atoms with Crippen molar-refractivity contribution in [2.24, 2.45) is 0 Å². The van der Waals surface area contributed by atoms with Crippen LogP contribution in [0.5, 0.6) is 5.75 Å². The third kappa shape index (κ3) is 5.67. The first kappa shape index (κ1) is 28.0. The number of hydrogen-bond donors (Lipinski definition) is 1. The second-order valence-electron chi connectivity index (χ2n) is 11.2. The van der Waals surface area contributed by atoms with Gasteiger partial charge in [0.15, 0.2) is 5.78 Å². The summed E-state index contributed by atoms with van der Waals surface area (Å²) in [6, 6.07) is 16.4. The average molecular weight is 543 g/mol. The lowest BCUT2D eigenvalue weighted by atomic mass is 9.71. The van der Waals surface area contributed by atoms with E-state index in [1.165, 1.54) is 6.42 Å². The number of hydrogen-bond acceptors (Lipinski definition) is 6. The first-order valence-electron chi connectivity index (χ1n) is 14.9. The monoisotopic (exact) mass is 542 g/mol. The standard InChI is InChI=1S/C34H42N2O4/c1-5-36(6-2)26-16-12-24(13-17-26)32-31(34(38)40-28-10-8-7-9-11-28)22(3)35-29-20-25(21-30(37)33(29)32)23-14-18-27(39-4)19-15-23/h12-19,25,28,32,35H,5-11,20-21H2,1-4H3. The molecule has 3 aliphatic rings. The van der Waals surface area contributed by atoms with Gasteiger partial charge in [0.1, 0.15) is 11.9 Å². The number of anilines is 1. The third-order valence-corrected chi connectivity index (χ3v) is 8.82. The van der Waals surface area contributed by atoms with Gasteiger partial charge in [-0.25, -0.2) is 4.79 Å². The molecule has 2 unspecified atom stereocenters. The number of rotatable bonds is 8. The zero-order valence-corrected chi connectivity index (χ0v) is 24.3. The van der Waals surface area contributed by atoms with Gasteiger partial charge in [0.2, 0.25) is 0 Å². The van der Waals surface area contributed by atoms with Crippen LogP contribution in [-0.2, 0) is 14.3 Å². The largest absolute Gasteiger partial charge is 0.497 e. The van der Waals surface area contributed by atoms with Crippen LogP contribution in [0.2, 0.25) is 0 Å². The van der Waals surface area contributed by atoms with Gasteiger partial charge in [0, 0.05) is 48.1 Å². The summed E-state index contributed by atoms with van der Waals surface area (Å²) in [6.45, 7) is 8.07. The molecule has 0 aromatic heterocycles. The van der Waals surface area contributed by atoms with Gasteiger partial charge in [-0.2, -0.15) is 0 Å². The summed E-state index contributed by atoms with van der Waals surface area (Å²) in [7, 11) is 1.66. The molecule has 0 bridgehead atoms. The highest BCUT2D eigenvalue weighted by Crippen LogP contribution is 2.46. The maximum atomic E-state index is 13.9. The Kier molecular flexibility index (Phi) is 8.63. The highest BCUT2D eigenvalue weighted by Gasteiger charge is 2.42.